The summed E-state index contributed by atoms with van der Waals surface area (Å²) in [5, 5.41) is 6.11. The number of pyridine rings is 1. The quantitative estimate of drug-likeness (QED) is 0.751. The zero-order valence-electron chi connectivity index (χ0n) is 12.8. The van der Waals surface area contributed by atoms with E-state index in [1.54, 1.807) is 18.5 Å². The van der Waals surface area contributed by atoms with Gasteiger partial charge in [-0.2, -0.15) is 0 Å². The molecule has 0 aliphatic heterocycles. The van der Waals surface area contributed by atoms with Gasteiger partial charge in [0.2, 0.25) is 0 Å². The van der Waals surface area contributed by atoms with Gasteiger partial charge in [-0.3, -0.25) is 9.78 Å². The number of carbonyl (C=O) groups is 1. The van der Waals surface area contributed by atoms with E-state index in [0.717, 1.165) is 17.1 Å². The maximum Gasteiger partial charge on any atom is 0.257 e. The minimum atomic E-state index is -0.184. The van der Waals surface area contributed by atoms with Gasteiger partial charge in [-0.25, -0.2) is 0 Å². The lowest BCUT2D eigenvalue weighted by Crippen LogP contribution is -2.12. The number of aryl methyl sites for hydroxylation is 1. The van der Waals surface area contributed by atoms with Gasteiger partial charge < -0.3 is 10.6 Å². The van der Waals surface area contributed by atoms with Gasteiger partial charge in [-0.15, -0.1) is 0 Å². The van der Waals surface area contributed by atoms with Crippen molar-refractivity contribution in [3.63, 3.8) is 0 Å². The number of anilines is 3. The smallest absolute Gasteiger partial charge is 0.257 e. The average molecular weight is 303 g/mol. The maximum absolute atomic E-state index is 12.3. The number of nitrogens with one attached hydrogen (secondary N) is 2. The SMILES string of the molecule is Cc1cccc(Nc2cncc(C(=O)Nc3ccccc3)c2)c1. The van der Waals surface area contributed by atoms with E-state index >= 15 is 0 Å². The lowest BCUT2D eigenvalue weighted by atomic mass is 10.2. The highest BCUT2D eigenvalue weighted by molar-refractivity contribution is 6.04. The second kappa shape index (κ2) is 6.75. The van der Waals surface area contributed by atoms with Crippen LogP contribution in [0, 0.1) is 6.92 Å². The first-order valence-corrected chi connectivity index (χ1v) is 7.36. The van der Waals surface area contributed by atoms with Crippen molar-refractivity contribution in [3.05, 3.63) is 84.2 Å². The molecule has 0 spiro atoms. The topological polar surface area (TPSA) is 54.0 Å². The minimum Gasteiger partial charge on any atom is -0.354 e. The molecule has 0 unspecified atom stereocenters. The van der Waals surface area contributed by atoms with Gasteiger partial charge in [0.15, 0.2) is 0 Å². The number of hydrogen-bond acceptors (Lipinski definition) is 3. The Hall–Kier alpha value is -3.14. The van der Waals surface area contributed by atoms with E-state index in [0.29, 0.717) is 5.56 Å². The van der Waals surface area contributed by atoms with E-state index in [1.807, 2.05) is 61.5 Å². The molecule has 1 heterocycles. The molecule has 0 bridgehead atoms. The van der Waals surface area contributed by atoms with Gasteiger partial charge >= 0.3 is 0 Å². The Morgan fingerprint density at radius 1 is 0.870 bits per heavy atom. The maximum atomic E-state index is 12.3. The van der Waals surface area contributed by atoms with Crippen molar-refractivity contribution in [2.24, 2.45) is 0 Å². The molecule has 4 heteroatoms. The highest BCUT2D eigenvalue weighted by Gasteiger charge is 2.07. The first-order chi connectivity index (χ1) is 11.2. The summed E-state index contributed by atoms with van der Waals surface area (Å²) in [5.74, 6) is -0.184. The van der Waals surface area contributed by atoms with Crippen molar-refractivity contribution < 1.29 is 4.79 Å². The zero-order valence-corrected chi connectivity index (χ0v) is 12.8. The Kier molecular flexibility index (Phi) is 4.34. The van der Waals surface area contributed by atoms with Crippen LogP contribution in [-0.4, -0.2) is 10.9 Å². The summed E-state index contributed by atoms with van der Waals surface area (Å²) >= 11 is 0. The van der Waals surface area contributed by atoms with Gasteiger partial charge in [0.25, 0.3) is 5.91 Å². The molecule has 4 nitrogen and oxygen atoms in total. The zero-order chi connectivity index (χ0) is 16.1. The minimum absolute atomic E-state index is 0.184. The Morgan fingerprint density at radius 3 is 2.43 bits per heavy atom. The molecule has 0 fully saturated rings. The van der Waals surface area contributed by atoms with Crippen molar-refractivity contribution in [2.45, 2.75) is 6.92 Å². The van der Waals surface area contributed by atoms with E-state index in [4.69, 9.17) is 0 Å². The van der Waals surface area contributed by atoms with E-state index in [9.17, 15) is 4.79 Å². The molecule has 0 saturated heterocycles. The van der Waals surface area contributed by atoms with Crippen LogP contribution in [-0.2, 0) is 0 Å². The highest BCUT2D eigenvalue weighted by Crippen LogP contribution is 2.18. The summed E-state index contributed by atoms with van der Waals surface area (Å²) in [6, 6.07) is 19.2. The van der Waals surface area contributed by atoms with Crippen LogP contribution in [0.5, 0.6) is 0 Å². The van der Waals surface area contributed by atoms with E-state index in [-0.39, 0.29) is 5.91 Å². The summed E-state index contributed by atoms with van der Waals surface area (Å²) in [5.41, 5.74) is 4.17. The molecule has 0 atom stereocenters. The molecular formula is C19H17N3O. The number of benzene rings is 2. The predicted molar refractivity (Wildman–Crippen MR) is 93.1 cm³/mol. The molecular weight excluding hydrogens is 286 g/mol. The molecule has 23 heavy (non-hydrogen) atoms. The molecule has 2 N–H and O–H groups in total. The van der Waals surface area contributed by atoms with Crippen molar-refractivity contribution in [2.75, 3.05) is 10.6 Å². The Balaban J connectivity index is 1.75. The Labute approximate surface area is 135 Å². The van der Waals surface area contributed by atoms with Crippen LogP contribution in [0.4, 0.5) is 17.1 Å². The third-order valence-corrected chi connectivity index (χ3v) is 3.34. The second-order valence-electron chi connectivity index (χ2n) is 5.28. The molecule has 0 aliphatic carbocycles. The molecule has 1 aromatic heterocycles. The second-order valence-corrected chi connectivity index (χ2v) is 5.28. The van der Waals surface area contributed by atoms with Crippen LogP contribution in [0.1, 0.15) is 15.9 Å². The van der Waals surface area contributed by atoms with Crippen LogP contribution in [0.15, 0.2) is 73.1 Å². The van der Waals surface area contributed by atoms with E-state index < -0.39 is 0 Å². The van der Waals surface area contributed by atoms with Crippen molar-refractivity contribution in [1.82, 2.24) is 4.98 Å². The van der Waals surface area contributed by atoms with Crippen LogP contribution in [0.25, 0.3) is 0 Å². The van der Waals surface area contributed by atoms with Gasteiger partial charge in [-0.05, 0) is 42.8 Å². The van der Waals surface area contributed by atoms with Crippen LogP contribution >= 0.6 is 0 Å². The number of carbonyl (C=O) groups excluding carboxylic acids is 1. The number of hydrogen-bond donors (Lipinski definition) is 2. The summed E-state index contributed by atoms with van der Waals surface area (Å²) in [6.07, 6.45) is 3.25. The summed E-state index contributed by atoms with van der Waals surface area (Å²) < 4.78 is 0. The first kappa shape index (κ1) is 14.8. The summed E-state index contributed by atoms with van der Waals surface area (Å²) in [4.78, 5) is 16.4. The average Bonchev–Trinajstić information content (AvgIpc) is 2.56. The third-order valence-electron chi connectivity index (χ3n) is 3.34. The van der Waals surface area contributed by atoms with Crippen LogP contribution in [0.2, 0.25) is 0 Å². The molecule has 3 rings (SSSR count). The molecule has 0 saturated carbocycles. The van der Waals surface area contributed by atoms with Crippen LogP contribution in [0.3, 0.4) is 0 Å². The van der Waals surface area contributed by atoms with Gasteiger partial charge in [0.1, 0.15) is 0 Å². The lowest BCUT2D eigenvalue weighted by Gasteiger charge is -2.09. The summed E-state index contributed by atoms with van der Waals surface area (Å²) in [7, 11) is 0. The molecule has 114 valence electrons. The third kappa shape index (κ3) is 3.95. The highest BCUT2D eigenvalue weighted by atomic mass is 16.1. The number of amides is 1. The normalized spacial score (nSPS) is 10.1. The Morgan fingerprint density at radius 2 is 1.65 bits per heavy atom. The number of nitrogens with zero attached hydrogens (tertiary/aromatic N) is 1. The number of para-hydroxylation sites is 1. The van der Waals surface area contributed by atoms with Gasteiger partial charge in [0.05, 0.1) is 17.4 Å². The van der Waals surface area contributed by atoms with E-state index in [1.165, 1.54) is 5.56 Å². The van der Waals surface area contributed by atoms with E-state index in [2.05, 4.69) is 15.6 Å². The largest absolute Gasteiger partial charge is 0.354 e. The molecule has 2 aromatic carbocycles. The lowest BCUT2D eigenvalue weighted by molar-refractivity contribution is 0.102. The molecule has 0 aliphatic rings. The van der Waals surface area contributed by atoms with Crippen LogP contribution < -0.4 is 10.6 Å². The van der Waals surface area contributed by atoms with Crippen molar-refractivity contribution in [3.8, 4) is 0 Å². The van der Waals surface area contributed by atoms with Crippen molar-refractivity contribution in [1.29, 1.82) is 0 Å². The standard InChI is InChI=1S/C19H17N3O/c1-14-6-5-9-17(10-14)21-18-11-15(12-20-13-18)19(23)22-16-7-3-2-4-8-16/h2-13,21H,1H3,(H,22,23). The molecule has 1 amide bonds. The fourth-order valence-electron chi connectivity index (χ4n) is 2.25. The number of rotatable bonds is 4. The fraction of sp³-hybridized carbons (Fsp3) is 0.0526. The van der Waals surface area contributed by atoms with Crippen molar-refractivity contribution >= 4 is 23.0 Å². The summed E-state index contributed by atoms with van der Waals surface area (Å²) in [6.45, 7) is 2.03. The predicted octanol–water partition coefficient (Wildman–Crippen LogP) is 4.39. The fourth-order valence-corrected chi connectivity index (χ4v) is 2.25. The molecule has 3 aromatic rings. The first-order valence-electron chi connectivity index (χ1n) is 7.36. The van der Waals surface area contributed by atoms with Gasteiger partial charge in [0, 0.05) is 17.6 Å². The molecule has 0 radical (unpaired) electrons. The monoisotopic (exact) mass is 303 g/mol. The number of aromatic nitrogens is 1. The Bertz CT molecular complexity index is 816. The van der Waals surface area contributed by atoms with Gasteiger partial charge in [-0.1, -0.05) is 30.3 Å².